The van der Waals surface area contributed by atoms with Gasteiger partial charge in [-0.15, -0.1) is 10.2 Å². The van der Waals surface area contributed by atoms with E-state index in [1.807, 2.05) is 0 Å². The molecule has 0 fully saturated rings. The predicted molar refractivity (Wildman–Crippen MR) is 108 cm³/mol. The number of hydrogen-bond donors (Lipinski definition) is 1. The third-order valence-corrected chi connectivity index (χ3v) is 5.61. The van der Waals surface area contributed by atoms with Crippen molar-refractivity contribution in [2.45, 2.75) is 44.9 Å². The van der Waals surface area contributed by atoms with Gasteiger partial charge in [-0.25, -0.2) is 4.39 Å². The first-order valence-corrected chi connectivity index (χ1v) is 10.5. The lowest BCUT2D eigenvalue weighted by Gasteiger charge is -2.22. The summed E-state index contributed by atoms with van der Waals surface area (Å²) in [6, 6.07) is 5.44. The summed E-state index contributed by atoms with van der Waals surface area (Å²) >= 11 is 2.49. The lowest BCUT2D eigenvalue weighted by atomic mass is 9.84. The van der Waals surface area contributed by atoms with Crippen molar-refractivity contribution >= 4 is 39.9 Å². The van der Waals surface area contributed by atoms with Gasteiger partial charge in [0.2, 0.25) is 11.0 Å². The first kappa shape index (κ1) is 21.5. The molecule has 0 radical (unpaired) electrons. The van der Waals surface area contributed by atoms with Crippen molar-refractivity contribution in [1.82, 2.24) is 10.2 Å². The van der Waals surface area contributed by atoms with Gasteiger partial charge in [0.25, 0.3) is 0 Å². The number of hydrogen-bond acceptors (Lipinski definition) is 6. The van der Waals surface area contributed by atoms with Crippen LogP contribution in [0.2, 0.25) is 0 Å². The first-order chi connectivity index (χ1) is 12.6. The average molecular weight is 410 g/mol. The highest BCUT2D eigenvalue weighted by atomic mass is 32.2. The Hall–Kier alpha value is -1.80. The molecule has 1 aromatic carbocycles. The number of rotatable bonds is 8. The topological polar surface area (TPSA) is 72.0 Å². The highest BCUT2D eigenvalue weighted by Gasteiger charge is 2.18. The van der Waals surface area contributed by atoms with Crippen molar-refractivity contribution in [3.8, 4) is 0 Å². The lowest BCUT2D eigenvalue weighted by Crippen LogP contribution is -2.18. The molecule has 2 aromatic rings. The fourth-order valence-corrected chi connectivity index (χ4v) is 4.43. The molecule has 0 spiro atoms. The molecule has 0 aliphatic carbocycles. The Morgan fingerprint density at radius 3 is 2.52 bits per heavy atom. The Morgan fingerprint density at radius 2 is 1.89 bits per heavy atom. The van der Waals surface area contributed by atoms with Crippen molar-refractivity contribution in [3.05, 3.63) is 35.6 Å². The van der Waals surface area contributed by atoms with Crippen LogP contribution in [0, 0.1) is 17.2 Å². The summed E-state index contributed by atoms with van der Waals surface area (Å²) in [6.45, 7) is 8.53. The van der Waals surface area contributed by atoms with Crippen molar-refractivity contribution < 1.29 is 14.0 Å². The number of carbonyl (C=O) groups excluding carboxylic acids is 2. The predicted octanol–water partition coefficient (Wildman–Crippen LogP) is 5.05. The zero-order valence-corrected chi connectivity index (χ0v) is 17.5. The largest absolute Gasteiger partial charge is 0.300 e. The van der Waals surface area contributed by atoms with Crippen molar-refractivity contribution in [2.75, 3.05) is 11.1 Å². The molecule has 0 saturated carbocycles. The molecule has 1 N–H and O–H groups in total. The lowest BCUT2D eigenvalue weighted by molar-refractivity contribution is -0.117. The van der Waals surface area contributed by atoms with Crippen LogP contribution >= 0.6 is 23.1 Å². The number of nitrogens with zero attached hydrogens (tertiary/aromatic N) is 2. The molecule has 0 aliphatic rings. The van der Waals surface area contributed by atoms with Crippen LogP contribution < -0.4 is 5.32 Å². The number of benzene rings is 1. The van der Waals surface area contributed by atoms with E-state index in [0.717, 1.165) is 6.42 Å². The fraction of sp³-hybridized carbons (Fsp3) is 0.474. The number of ketones is 1. The third-order valence-electron chi connectivity index (χ3n) is 3.64. The van der Waals surface area contributed by atoms with Gasteiger partial charge in [-0.05, 0) is 42.0 Å². The van der Waals surface area contributed by atoms with E-state index < -0.39 is 0 Å². The molecule has 27 heavy (non-hydrogen) atoms. The van der Waals surface area contributed by atoms with Gasteiger partial charge in [-0.1, -0.05) is 50.8 Å². The molecule has 8 heteroatoms. The van der Waals surface area contributed by atoms with Crippen LogP contribution in [0.1, 0.15) is 50.9 Å². The highest BCUT2D eigenvalue weighted by molar-refractivity contribution is 8.01. The minimum atomic E-state index is -0.375. The van der Waals surface area contributed by atoms with Crippen LogP contribution in [0.15, 0.2) is 28.6 Å². The van der Waals surface area contributed by atoms with Gasteiger partial charge in [0.15, 0.2) is 10.1 Å². The molecular formula is C19H24FN3O2S2. The number of carbonyl (C=O) groups is 2. The van der Waals surface area contributed by atoms with Gasteiger partial charge in [0.05, 0.1) is 5.75 Å². The maximum absolute atomic E-state index is 12.9. The minimum absolute atomic E-state index is 0.0816. The molecule has 0 bridgehead atoms. The average Bonchev–Trinajstić information content (AvgIpc) is 2.98. The van der Waals surface area contributed by atoms with E-state index in [2.05, 4.69) is 43.2 Å². The summed E-state index contributed by atoms with van der Waals surface area (Å²) in [5.41, 5.74) is 0.637. The number of anilines is 1. The summed E-state index contributed by atoms with van der Waals surface area (Å²) in [5.74, 6) is -0.115. The second-order valence-electron chi connectivity index (χ2n) is 7.71. The fourth-order valence-electron chi connectivity index (χ4n) is 2.77. The molecule has 5 nitrogen and oxygen atoms in total. The van der Waals surface area contributed by atoms with E-state index in [4.69, 9.17) is 0 Å². The molecule has 146 valence electrons. The molecule has 1 atom stereocenters. The Labute approximate surface area is 167 Å². The van der Waals surface area contributed by atoms with E-state index >= 15 is 0 Å². The number of nitrogens with one attached hydrogen (secondary N) is 1. The third kappa shape index (κ3) is 7.76. The van der Waals surface area contributed by atoms with Gasteiger partial charge < -0.3 is 5.32 Å². The van der Waals surface area contributed by atoms with Gasteiger partial charge in [-0.3, -0.25) is 9.59 Å². The van der Waals surface area contributed by atoms with Gasteiger partial charge in [0, 0.05) is 12.0 Å². The Bertz CT molecular complexity index is 785. The minimum Gasteiger partial charge on any atom is -0.300 e. The van der Waals surface area contributed by atoms with Crippen molar-refractivity contribution in [1.29, 1.82) is 0 Å². The second kappa shape index (κ2) is 9.41. The van der Waals surface area contributed by atoms with Crippen LogP contribution in [0.5, 0.6) is 0 Å². The summed E-state index contributed by atoms with van der Waals surface area (Å²) in [6.07, 6.45) is 1.39. The summed E-state index contributed by atoms with van der Waals surface area (Å²) in [5, 5.41) is 11.1. The van der Waals surface area contributed by atoms with Crippen LogP contribution in [0.4, 0.5) is 9.52 Å². The Kier molecular flexibility index (Phi) is 7.49. The molecule has 1 amide bonds. The number of amides is 1. The molecule has 0 aliphatic heterocycles. The van der Waals surface area contributed by atoms with Crippen LogP contribution in [-0.2, 0) is 4.79 Å². The molecule has 2 rings (SSSR count). The zero-order valence-electron chi connectivity index (χ0n) is 15.9. The summed E-state index contributed by atoms with van der Waals surface area (Å²) < 4.78 is 13.5. The number of Topliss-reactive ketones (excluding diaryl/α,β-unsaturated/α-hetero) is 1. The first-order valence-electron chi connectivity index (χ1n) is 8.67. The SMILES string of the molecule is C[C@@H](CC(=O)Nc1nnc(SCC(=O)c2ccc(F)cc2)s1)CC(C)(C)C. The van der Waals surface area contributed by atoms with Crippen molar-refractivity contribution in [2.24, 2.45) is 11.3 Å². The van der Waals surface area contributed by atoms with E-state index in [1.54, 1.807) is 0 Å². The number of aromatic nitrogens is 2. The van der Waals surface area contributed by atoms with Gasteiger partial charge >= 0.3 is 0 Å². The quantitative estimate of drug-likeness (QED) is 0.375. The standard InChI is InChI=1S/C19H24FN3O2S2/c1-12(10-19(2,3)4)9-16(25)21-17-22-23-18(27-17)26-11-15(24)13-5-7-14(20)8-6-13/h5-8,12H,9-11H2,1-4H3,(H,21,22,25)/t12-/m0/s1. The molecule has 0 unspecified atom stereocenters. The normalized spacial score (nSPS) is 12.6. The molecule has 1 aromatic heterocycles. The smallest absolute Gasteiger partial charge is 0.226 e. The second-order valence-corrected chi connectivity index (χ2v) is 9.91. The monoisotopic (exact) mass is 409 g/mol. The number of thioether (sulfide) groups is 1. The maximum Gasteiger partial charge on any atom is 0.226 e. The van der Waals surface area contributed by atoms with E-state index in [1.165, 1.54) is 47.4 Å². The molecule has 1 heterocycles. The van der Waals surface area contributed by atoms with Crippen LogP contribution in [0.3, 0.4) is 0 Å². The summed E-state index contributed by atoms with van der Waals surface area (Å²) in [4.78, 5) is 24.2. The van der Waals surface area contributed by atoms with Gasteiger partial charge in [-0.2, -0.15) is 0 Å². The maximum atomic E-state index is 12.9. The zero-order chi connectivity index (χ0) is 20.0. The number of halogens is 1. The van der Waals surface area contributed by atoms with Gasteiger partial charge in [0.1, 0.15) is 5.82 Å². The van der Waals surface area contributed by atoms with Crippen LogP contribution in [-0.4, -0.2) is 27.6 Å². The van der Waals surface area contributed by atoms with Crippen molar-refractivity contribution in [3.63, 3.8) is 0 Å². The molecule has 0 saturated heterocycles. The summed E-state index contributed by atoms with van der Waals surface area (Å²) in [7, 11) is 0. The van der Waals surface area contributed by atoms with E-state index in [-0.39, 0.29) is 34.6 Å². The Balaban J connectivity index is 1.81. The van der Waals surface area contributed by atoms with E-state index in [9.17, 15) is 14.0 Å². The molecular weight excluding hydrogens is 385 g/mol. The highest BCUT2D eigenvalue weighted by Crippen LogP contribution is 2.28. The van der Waals surface area contributed by atoms with E-state index in [0.29, 0.717) is 21.5 Å². The van der Waals surface area contributed by atoms with Crippen LogP contribution in [0.25, 0.3) is 0 Å². The Morgan fingerprint density at radius 1 is 1.22 bits per heavy atom.